The van der Waals surface area contributed by atoms with Gasteiger partial charge in [0.15, 0.2) is 5.76 Å². The van der Waals surface area contributed by atoms with Gasteiger partial charge in [-0.15, -0.1) is 0 Å². The monoisotopic (exact) mass is 371 g/mol. The fourth-order valence-electron chi connectivity index (χ4n) is 3.33. The van der Waals surface area contributed by atoms with Gasteiger partial charge in [-0.1, -0.05) is 6.07 Å². The molecule has 0 radical (unpaired) electrons. The lowest BCUT2D eigenvalue weighted by atomic mass is 9.85. The molecule has 0 amide bonds. The number of ether oxygens (including phenoxy) is 3. The molecule has 0 aliphatic heterocycles. The second-order valence-electron chi connectivity index (χ2n) is 6.07. The largest absolute Gasteiger partial charge is 0.466 e. The van der Waals surface area contributed by atoms with Crippen LogP contribution in [-0.4, -0.2) is 35.5 Å². The van der Waals surface area contributed by atoms with Gasteiger partial charge in [0.2, 0.25) is 0 Å². The lowest BCUT2D eigenvalue weighted by molar-refractivity contribution is -0.150. The Kier molecular flexibility index (Phi) is 5.30. The van der Waals surface area contributed by atoms with Gasteiger partial charge in [0.25, 0.3) is 0 Å². The molecule has 0 saturated heterocycles. The maximum Gasteiger partial charge on any atom is 0.338 e. The van der Waals surface area contributed by atoms with Crippen LogP contribution in [0.5, 0.6) is 0 Å². The molecule has 142 valence electrons. The third kappa shape index (κ3) is 3.45. The first kappa shape index (κ1) is 18.7. The van der Waals surface area contributed by atoms with Gasteiger partial charge < -0.3 is 18.6 Å². The number of pyridine rings is 1. The number of fused-ring (bicyclic) bond motifs is 3. The standard InChI is InChI=1S/C20H21NO6/c1-4-25-19(23)15-11-16-14(10-13-8-6-7-9-21(13)16)18(27-12(3)22)17(15)20(24)26-5-2/h6-10,15H,4-5,11H2,1-3H3. The number of nitrogens with zero attached hydrogens (tertiary/aromatic N) is 1. The highest BCUT2D eigenvalue weighted by Gasteiger charge is 2.41. The maximum atomic E-state index is 12.6. The third-order valence-electron chi connectivity index (χ3n) is 4.33. The molecule has 0 saturated carbocycles. The van der Waals surface area contributed by atoms with Gasteiger partial charge in [0.05, 0.1) is 24.7 Å². The Hall–Kier alpha value is -3.09. The van der Waals surface area contributed by atoms with Gasteiger partial charge in [0, 0.05) is 36.3 Å². The molecule has 27 heavy (non-hydrogen) atoms. The first-order valence-corrected chi connectivity index (χ1v) is 8.83. The molecule has 0 aromatic carbocycles. The van der Waals surface area contributed by atoms with Crippen molar-refractivity contribution < 1.29 is 28.6 Å². The normalized spacial score (nSPS) is 16.0. The molecular weight excluding hydrogens is 350 g/mol. The van der Waals surface area contributed by atoms with E-state index in [2.05, 4.69) is 0 Å². The van der Waals surface area contributed by atoms with Crippen molar-refractivity contribution >= 4 is 29.2 Å². The third-order valence-corrected chi connectivity index (χ3v) is 4.33. The summed E-state index contributed by atoms with van der Waals surface area (Å²) in [4.78, 5) is 37.0. The molecule has 7 heteroatoms. The molecule has 0 N–H and O–H groups in total. The van der Waals surface area contributed by atoms with Gasteiger partial charge in [0.1, 0.15) is 0 Å². The Labute approximate surface area is 156 Å². The van der Waals surface area contributed by atoms with Crippen LogP contribution in [0, 0.1) is 5.92 Å². The van der Waals surface area contributed by atoms with Crippen LogP contribution in [0.15, 0.2) is 36.0 Å². The molecule has 1 aliphatic carbocycles. The highest BCUT2D eigenvalue weighted by Crippen LogP contribution is 2.39. The molecule has 2 heterocycles. The first-order chi connectivity index (χ1) is 13.0. The van der Waals surface area contributed by atoms with E-state index in [0.29, 0.717) is 5.56 Å². The number of rotatable bonds is 5. The second-order valence-corrected chi connectivity index (χ2v) is 6.07. The Balaban J connectivity index is 2.26. The van der Waals surface area contributed by atoms with Gasteiger partial charge in [-0.2, -0.15) is 0 Å². The van der Waals surface area contributed by atoms with E-state index < -0.39 is 23.8 Å². The van der Waals surface area contributed by atoms with Gasteiger partial charge in [-0.3, -0.25) is 9.59 Å². The molecule has 1 atom stereocenters. The van der Waals surface area contributed by atoms with Crippen LogP contribution in [0.3, 0.4) is 0 Å². The summed E-state index contributed by atoms with van der Waals surface area (Å²) >= 11 is 0. The average molecular weight is 371 g/mol. The minimum Gasteiger partial charge on any atom is -0.466 e. The van der Waals surface area contributed by atoms with Crippen LogP contribution in [-0.2, 0) is 35.0 Å². The predicted molar refractivity (Wildman–Crippen MR) is 96.5 cm³/mol. The van der Waals surface area contributed by atoms with E-state index in [1.54, 1.807) is 13.8 Å². The molecule has 3 rings (SSSR count). The topological polar surface area (TPSA) is 83.3 Å². The van der Waals surface area contributed by atoms with Crippen LogP contribution in [0.4, 0.5) is 0 Å². The van der Waals surface area contributed by atoms with Crippen molar-refractivity contribution in [2.75, 3.05) is 13.2 Å². The lowest BCUT2D eigenvalue weighted by Gasteiger charge is -2.25. The zero-order valence-electron chi connectivity index (χ0n) is 15.5. The summed E-state index contributed by atoms with van der Waals surface area (Å²) in [6.07, 6.45) is 2.10. The second kappa shape index (κ2) is 7.65. The SMILES string of the molecule is CCOC(=O)C1=C(OC(C)=O)c2cc3ccccn3c2CC1C(=O)OCC. The summed E-state index contributed by atoms with van der Waals surface area (Å²) in [6.45, 7) is 4.93. The van der Waals surface area contributed by atoms with Crippen molar-refractivity contribution in [2.45, 2.75) is 27.2 Å². The van der Waals surface area contributed by atoms with Gasteiger partial charge >= 0.3 is 17.9 Å². The molecule has 1 aliphatic rings. The van der Waals surface area contributed by atoms with Gasteiger partial charge in [-0.25, -0.2) is 4.79 Å². The number of aromatic nitrogens is 1. The van der Waals surface area contributed by atoms with Crippen LogP contribution >= 0.6 is 0 Å². The minimum atomic E-state index is -0.913. The summed E-state index contributed by atoms with van der Waals surface area (Å²) in [5, 5.41) is 0. The van der Waals surface area contributed by atoms with Gasteiger partial charge in [-0.05, 0) is 32.0 Å². The summed E-state index contributed by atoms with van der Waals surface area (Å²) in [6, 6.07) is 7.47. The molecule has 7 nitrogen and oxygen atoms in total. The van der Waals surface area contributed by atoms with Crippen molar-refractivity contribution in [3.63, 3.8) is 0 Å². The summed E-state index contributed by atoms with van der Waals surface area (Å²) < 4.78 is 17.6. The van der Waals surface area contributed by atoms with E-state index >= 15 is 0 Å². The zero-order valence-corrected chi connectivity index (χ0v) is 15.5. The molecule has 0 fully saturated rings. The molecule has 2 aromatic rings. The first-order valence-electron chi connectivity index (χ1n) is 8.83. The van der Waals surface area contributed by atoms with Crippen molar-refractivity contribution in [3.05, 3.63) is 47.3 Å². The van der Waals surface area contributed by atoms with E-state index in [1.807, 2.05) is 34.9 Å². The quantitative estimate of drug-likeness (QED) is 0.593. The van der Waals surface area contributed by atoms with Crippen molar-refractivity contribution in [2.24, 2.45) is 5.92 Å². The molecule has 2 aromatic heterocycles. The molecule has 0 spiro atoms. The van der Waals surface area contributed by atoms with E-state index in [4.69, 9.17) is 14.2 Å². The summed E-state index contributed by atoms with van der Waals surface area (Å²) in [7, 11) is 0. The zero-order chi connectivity index (χ0) is 19.6. The molecule has 1 unspecified atom stereocenters. The maximum absolute atomic E-state index is 12.6. The Morgan fingerprint density at radius 2 is 1.89 bits per heavy atom. The fourth-order valence-corrected chi connectivity index (χ4v) is 3.33. The fraction of sp³-hybridized carbons (Fsp3) is 0.350. The molecular formula is C20H21NO6. The highest BCUT2D eigenvalue weighted by molar-refractivity contribution is 6.04. The summed E-state index contributed by atoms with van der Waals surface area (Å²) in [5.41, 5.74) is 2.25. The number of carbonyl (C=O) groups is 3. The van der Waals surface area contributed by atoms with Crippen LogP contribution in [0.1, 0.15) is 32.0 Å². The number of carbonyl (C=O) groups excluding carboxylic acids is 3. The van der Waals surface area contributed by atoms with E-state index in [1.165, 1.54) is 6.92 Å². The number of esters is 3. The van der Waals surface area contributed by atoms with Crippen LogP contribution in [0.25, 0.3) is 11.3 Å². The minimum absolute atomic E-state index is 0.0221. The average Bonchev–Trinajstić information content (AvgIpc) is 3.00. The van der Waals surface area contributed by atoms with E-state index in [-0.39, 0.29) is 31.0 Å². The van der Waals surface area contributed by atoms with Crippen molar-refractivity contribution in [1.29, 1.82) is 0 Å². The van der Waals surface area contributed by atoms with E-state index in [9.17, 15) is 14.4 Å². The predicted octanol–water partition coefficient (Wildman–Crippen LogP) is 2.51. The highest BCUT2D eigenvalue weighted by atomic mass is 16.6. The Bertz CT molecular complexity index is 939. The van der Waals surface area contributed by atoms with Crippen LogP contribution in [0.2, 0.25) is 0 Å². The summed E-state index contributed by atoms with van der Waals surface area (Å²) in [5.74, 6) is -2.68. The Morgan fingerprint density at radius 1 is 1.15 bits per heavy atom. The number of hydrogen-bond donors (Lipinski definition) is 0. The lowest BCUT2D eigenvalue weighted by Crippen LogP contribution is -2.32. The van der Waals surface area contributed by atoms with Crippen molar-refractivity contribution in [3.8, 4) is 0 Å². The number of hydrogen-bond acceptors (Lipinski definition) is 6. The van der Waals surface area contributed by atoms with Crippen LogP contribution < -0.4 is 0 Å². The molecule has 0 bridgehead atoms. The Morgan fingerprint density at radius 3 is 2.56 bits per heavy atom. The van der Waals surface area contributed by atoms with E-state index in [0.717, 1.165) is 11.2 Å². The van der Waals surface area contributed by atoms with Crippen molar-refractivity contribution in [1.82, 2.24) is 4.40 Å². The smallest absolute Gasteiger partial charge is 0.338 e.